The summed E-state index contributed by atoms with van der Waals surface area (Å²) in [5, 5.41) is 3.49. The summed E-state index contributed by atoms with van der Waals surface area (Å²) in [7, 11) is 0. The van der Waals surface area contributed by atoms with E-state index in [2.05, 4.69) is 10.3 Å². The number of nitrogens with zero attached hydrogens (tertiary/aromatic N) is 2. The zero-order chi connectivity index (χ0) is 22.9. The average molecular weight is 462 g/mol. The maximum Gasteiger partial charge on any atom is 0.231 e. The van der Waals surface area contributed by atoms with Crippen LogP contribution in [0, 0.1) is 6.92 Å². The molecule has 3 heterocycles. The van der Waals surface area contributed by atoms with Crippen molar-refractivity contribution in [3.05, 3.63) is 75.9 Å². The molecule has 0 saturated carbocycles. The van der Waals surface area contributed by atoms with Crippen molar-refractivity contribution < 1.29 is 19.1 Å². The second-order valence-corrected chi connectivity index (χ2v) is 9.11. The van der Waals surface area contributed by atoms with Crippen LogP contribution < -0.4 is 14.8 Å². The molecule has 1 atom stereocenters. The molecule has 1 aromatic heterocycles. The lowest BCUT2D eigenvalue weighted by Crippen LogP contribution is -2.33. The highest BCUT2D eigenvalue weighted by Gasteiger charge is 2.28. The molecule has 1 unspecified atom stereocenters. The first-order valence-corrected chi connectivity index (χ1v) is 11.5. The molecule has 2 aliphatic heterocycles. The minimum Gasteiger partial charge on any atom is -0.454 e. The Labute approximate surface area is 195 Å². The first kappa shape index (κ1) is 21.2. The fourth-order valence-corrected chi connectivity index (χ4v) is 5.15. The Morgan fingerprint density at radius 2 is 2.00 bits per heavy atom. The molecule has 1 N–H and O–H groups in total. The molecule has 0 spiro atoms. The van der Waals surface area contributed by atoms with Crippen LogP contribution in [0.2, 0.25) is 0 Å². The van der Waals surface area contributed by atoms with E-state index in [1.165, 1.54) is 18.3 Å². The summed E-state index contributed by atoms with van der Waals surface area (Å²) >= 11 is 1.46. The van der Waals surface area contributed by atoms with E-state index in [0.717, 1.165) is 38.8 Å². The van der Waals surface area contributed by atoms with E-state index in [1.54, 1.807) is 11.1 Å². The van der Waals surface area contributed by atoms with Crippen molar-refractivity contribution in [3.8, 4) is 11.5 Å². The van der Waals surface area contributed by atoms with Crippen LogP contribution in [0.5, 0.6) is 11.5 Å². The van der Waals surface area contributed by atoms with Crippen molar-refractivity contribution in [3.63, 3.8) is 0 Å². The van der Waals surface area contributed by atoms with E-state index < -0.39 is 0 Å². The van der Waals surface area contributed by atoms with Crippen LogP contribution in [0.1, 0.15) is 46.6 Å². The molecule has 2 aliphatic rings. The van der Waals surface area contributed by atoms with E-state index >= 15 is 0 Å². The van der Waals surface area contributed by atoms with Gasteiger partial charge in [0.15, 0.2) is 16.6 Å². The lowest BCUT2D eigenvalue weighted by molar-refractivity contribution is -0.129. The van der Waals surface area contributed by atoms with E-state index in [0.29, 0.717) is 11.6 Å². The fraction of sp³-hybridized carbons (Fsp3) is 0.240. The van der Waals surface area contributed by atoms with Gasteiger partial charge in [0.1, 0.15) is 0 Å². The Morgan fingerprint density at radius 3 is 2.85 bits per heavy atom. The highest BCUT2D eigenvalue weighted by atomic mass is 32.1. The normalized spacial score (nSPS) is 15.9. The van der Waals surface area contributed by atoms with Gasteiger partial charge in [-0.1, -0.05) is 30.3 Å². The molecule has 0 fully saturated rings. The number of amides is 2. The molecule has 2 aromatic carbocycles. The molecular weight excluding hydrogens is 438 g/mol. The highest BCUT2D eigenvalue weighted by Crippen LogP contribution is 2.35. The number of anilines is 1. The first-order valence-electron chi connectivity index (χ1n) is 10.7. The number of carbonyl (C=O) groups excluding carboxylic acids is 2. The number of fused-ring (bicyclic) bond motifs is 2. The summed E-state index contributed by atoms with van der Waals surface area (Å²) in [5.41, 5.74) is 3.95. The van der Waals surface area contributed by atoms with Gasteiger partial charge in [0.05, 0.1) is 18.2 Å². The SMILES string of the molecule is CC(=O)N1C=Cc2ccccc2C1CC(=O)Nc1nc(C)c(Cc2ccc3c(c2)OCO3)s1. The smallest absolute Gasteiger partial charge is 0.231 e. The van der Waals surface area contributed by atoms with Crippen LogP contribution in [0.25, 0.3) is 6.08 Å². The number of ether oxygens (including phenoxy) is 2. The molecule has 0 bridgehead atoms. The predicted molar refractivity (Wildman–Crippen MR) is 126 cm³/mol. The van der Waals surface area contributed by atoms with Gasteiger partial charge >= 0.3 is 0 Å². The number of aryl methyl sites for hydroxylation is 1. The Kier molecular flexibility index (Phi) is 5.60. The predicted octanol–water partition coefficient (Wildman–Crippen LogP) is 4.67. The second kappa shape index (κ2) is 8.71. The second-order valence-electron chi connectivity index (χ2n) is 8.03. The zero-order valence-corrected chi connectivity index (χ0v) is 19.1. The zero-order valence-electron chi connectivity index (χ0n) is 18.3. The summed E-state index contributed by atoms with van der Waals surface area (Å²) in [4.78, 5) is 32.3. The van der Waals surface area contributed by atoms with Crippen LogP contribution in [0.3, 0.4) is 0 Å². The molecule has 33 heavy (non-hydrogen) atoms. The summed E-state index contributed by atoms with van der Waals surface area (Å²) < 4.78 is 10.8. The molecule has 168 valence electrons. The van der Waals surface area contributed by atoms with Gasteiger partial charge in [0.2, 0.25) is 18.6 Å². The fourth-order valence-electron chi connectivity index (χ4n) is 4.14. The lowest BCUT2D eigenvalue weighted by Gasteiger charge is -2.32. The van der Waals surface area contributed by atoms with Crippen LogP contribution >= 0.6 is 11.3 Å². The topological polar surface area (TPSA) is 80.8 Å². The molecular formula is C25H23N3O4S. The number of aromatic nitrogens is 1. The Balaban J connectivity index is 1.29. The molecule has 7 nitrogen and oxygen atoms in total. The first-order chi connectivity index (χ1) is 16.0. The summed E-state index contributed by atoms with van der Waals surface area (Å²) in [6, 6.07) is 13.4. The minimum absolute atomic E-state index is 0.102. The maximum atomic E-state index is 12.9. The van der Waals surface area contributed by atoms with Crippen LogP contribution in [0.4, 0.5) is 5.13 Å². The van der Waals surface area contributed by atoms with Crippen molar-refractivity contribution in [1.82, 2.24) is 9.88 Å². The number of hydrogen-bond donors (Lipinski definition) is 1. The van der Waals surface area contributed by atoms with Gasteiger partial charge in [-0.2, -0.15) is 0 Å². The van der Waals surface area contributed by atoms with E-state index in [4.69, 9.17) is 9.47 Å². The molecule has 3 aromatic rings. The van der Waals surface area contributed by atoms with Crippen LogP contribution in [-0.2, 0) is 16.0 Å². The van der Waals surface area contributed by atoms with Gasteiger partial charge < -0.3 is 19.7 Å². The monoisotopic (exact) mass is 461 g/mol. The molecule has 0 radical (unpaired) electrons. The number of carbonyl (C=O) groups is 2. The van der Waals surface area contributed by atoms with Crippen molar-refractivity contribution in [2.24, 2.45) is 0 Å². The van der Waals surface area contributed by atoms with Crippen molar-refractivity contribution in [2.45, 2.75) is 32.7 Å². The van der Waals surface area contributed by atoms with Gasteiger partial charge in [-0.15, -0.1) is 11.3 Å². The number of benzene rings is 2. The Bertz CT molecular complexity index is 1270. The van der Waals surface area contributed by atoms with Gasteiger partial charge in [0.25, 0.3) is 0 Å². The van der Waals surface area contributed by atoms with E-state index in [9.17, 15) is 9.59 Å². The molecule has 8 heteroatoms. The Hall–Kier alpha value is -3.65. The number of nitrogens with one attached hydrogen (secondary N) is 1. The van der Waals surface area contributed by atoms with Crippen LogP contribution in [-0.4, -0.2) is 28.5 Å². The lowest BCUT2D eigenvalue weighted by atomic mass is 9.93. The van der Waals surface area contributed by atoms with Crippen LogP contribution in [0.15, 0.2) is 48.7 Å². The third kappa shape index (κ3) is 4.34. The van der Waals surface area contributed by atoms with Gasteiger partial charge in [-0.25, -0.2) is 4.98 Å². The molecule has 0 saturated heterocycles. The van der Waals surface area contributed by atoms with Gasteiger partial charge in [-0.3, -0.25) is 9.59 Å². The molecule has 2 amide bonds. The van der Waals surface area contributed by atoms with E-state index in [1.807, 2.05) is 55.5 Å². The quantitative estimate of drug-likeness (QED) is 0.597. The number of rotatable bonds is 5. The number of thiazole rings is 1. The largest absolute Gasteiger partial charge is 0.454 e. The highest BCUT2D eigenvalue weighted by molar-refractivity contribution is 7.15. The minimum atomic E-state index is -0.349. The number of hydrogen-bond acceptors (Lipinski definition) is 6. The third-order valence-electron chi connectivity index (χ3n) is 5.79. The van der Waals surface area contributed by atoms with E-state index in [-0.39, 0.29) is 31.1 Å². The van der Waals surface area contributed by atoms with Crippen molar-refractivity contribution >= 4 is 34.4 Å². The van der Waals surface area contributed by atoms with Gasteiger partial charge in [0, 0.05) is 24.4 Å². The molecule has 5 rings (SSSR count). The van der Waals surface area contributed by atoms with Crippen molar-refractivity contribution in [2.75, 3.05) is 12.1 Å². The van der Waals surface area contributed by atoms with Gasteiger partial charge in [-0.05, 0) is 41.8 Å². The summed E-state index contributed by atoms with van der Waals surface area (Å²) in [6.07, 6.45) is 4.49. The summed E-state index contributed by atoms with van der Waals surface area (Å²) in [6.45, 7) is 3.70. The average Bonchev–Trinajstić information content (AvgIpc) is 3.39. The maximum absolute atomic E-state index is 12.9. The standard InChI is InChI=1S/C25H23N3O4S/c1-15-23(12-17-7-8-21-22(11-17)32-14-31-21)33-25(26-15)27-24(30)13-20-19-6-4-3-5-18(19)9-10-28(20)16(2)29/h3-11,20H,12-14H2,1-2H3,(H,26,27,30). The summed E-state index contributed by atoms with van der Waals surface area (Å²) in [5.74, 6) is 1.22. The Morgan fingerprint density at radius 1 is 1.18 bits per heavy atom. The van der Waals surface area contributed by atoms with Crippen molar-refractivity contribution in [1.29, 1.82) is 0 Å². The third-order valence-corrected chi connectivity index (χ3v) is 6.86. The molecule has 0 aliphatic carbocycles.